The predicted molar refractivity (Wildman–Crippen MR) is 253 cm³/mol. The van der Waals surface area contributed by atoms with E-state index in [1.165, 1.54) is 59.4 Å². The van der Waals surface area contributed by atoms with Gasteiger partial charge in [-0.15, -0.1) is 23.5 Å². The number of nitrogens with zero attached hydrogens (tertiary/aromatic N) is 2. The number of phenolic OH excluding ortho intramolecular Hbond substituents is 4. The van der Waals surface area contributed by atoms with Crippen LogP contribution in [-0.2, 0) is 49.6 Å². The number of hydrogen-bond donors (Lipinski definition) is 10. The standard InChI is InChI=1S/C23H24N4O4S.C16H17N3O3.C8H11NO2S/c28-18-7-8-20(29)21(15-18)32-14-13-25-22(30)23(31)27-26-19-4-2-1-3-17(19)6-5-16-9-11-24-12-10-16;1-22-16(21)15(20)19-18-14-5-3-2-4-13(14)7-6-12-8-10-17-11-9-12;9-3-4-12-8-5-6(10)1-2-7(8)11/h1-4,7-12,15,26,28-29H,5-6,13-14H2,(H,25,30)(H,27,31);2-5,8-11,18H,6-7H2,1H3,(H,19,20);1-2,5,10-11H,3-4,9H2/p+1. The highest BCUT2D eigenvalue weighted by Crippen LogP contribution is 2.32. The Balaban J connectivity index is 0.000000241. The predicted octanol–water partition coefficient (Wildman–Crippen LogP) is 4.54. The highest BCUT2D eigenvalue weighted by molar-refractivity contribution is 7.99. The molecule has 17 nitrogen and oxygen atoms in total. The summed E-state index contributed by atoms with van der Waals surface area (Å²) in [6, 6.07) is 31.7. The molecule has 12 N–H and O–H groups in total. The zero-order valence-electron chi connectivity index (χ0n) is 36.1. The summed E-state index contributed by atoms with van der Waals surface area (Å²) in [4.78, 5) is 55.8. The Morgan fingerprint density at radius 1 is 0.576 bits per heavy atom. The number of thioether (sulfide) groups is 2. The van der Waals surface area contributed by atoms with Crippen molar-refractivity contribution >= 4 is 58.6 Å². The molecule has 0 saturated heterocycles. The van der Waals surface area contributed by atoms with Crippen LogP contribution in [0.4, 0.5) is 11.4 Å². The van der Waals surface area contributed by atoms with Crippen molar-refractivity contribution < 1.29 is 50.1 Å². The number of esters is 1. The Hall–Kier alpha value is -7.48. The number of carbonyl (C=O) groups excluding carboxylic acids is 4. The maximum Gasteiger partial charge on any atom is 0.398 e. The number of ether oxygens (including phenoxy) is 1. The highest BCUT2D eigenvalue weighted by atomic mass is 32.2. The number of amides is 3. The molecule has 0 aliphatic carbocycles. The van der Waals surface area contributed by atoms with Crippen LogP contribution < -0.4 is 32.8 Å². The molecule has 4 aromatic carbocycles. The molecule has 0 atom stereocenters. The third kappa shape index (κ3) is 18.3. The second kappa shape index (κ2) is 28.3. The van der Waals surface area contributed by atoms with E-state index in [4.69, 9.17) is 5.11 Å². The number of benzene rings is 4. The van der Waals surface area contributed by atoms with Gasteiger partial charge in [0, 0.05) is 42.8 Å². The van der Waals surface area contributed by atoms with Gasteiger partial charge in [-0.2, -0.15) is 0 Å². The fourth-order valence-electron chi connectivity index (χ4n) is 5.65. The maximum absolute atomic E-state index is 12.1. The SMILES string of the molecule is COC(=O)C(=O)NNc1ccccc1CCc1ccncc1.O=C(NCCSc1cc(O)ccc1O)C(=O)NNc1ccccc1CCc1ccncc1.[NH3+]CCSc1cc(O)ccc1O. The zero-order valence-corrected chi connectivity index (χ0v) is 37.7. The van der Waals surface area contributed by atoms with Crippen LogP contribution in [0.1, 0.15) is 22.3 Å². The van der Waals surface area contributed by atoms with E-state index in [0.29, 0.717) is 15.5 Å². The van der Waals surface area contributed by atoms with Crippen molar-refractivity contribution in [3.05, 3.63) is 156 Å². The first-order valence-electron chi connectivity index (χ1n) is 20.5. The molecule has 0 aliphatic heterocycles. The van der Waals surface area contributed by atoms with Crippen LogP contribution in [0.2, 0.25) is 0 Å². The molecule has 0 bridgehead atoms. The normalized spacial score (nSPS) is 10.2. The van der Waals surface area contributed by atoms with Gasteiger partial charge in [-0.25, -0.2) is 4.79 Å². The number of para-hydroxylation sites is 2. The number of anilines is 2. The molecular formula is C47H53N8O9S2+. The molecule has 2 aromatic heterocycles. The van der Waals surface area contributed by atoms with Crippen LogP contribution in [-0.4, -0.2) is 85.8 Å². The highest BCUT2D eigenvalue weighted by Gasteiger charge is 2.15. The summed E-state index contributed by atoms with van der Waals surface area (Å²) in [7, 11) is 1.16. The van der Waals surface area contributed by atoms with E-state index in [2.05, 4.69) is 47.5 Å². The zero-order chi connectivity index (χ0) is 47.5. The minimum atomic E-state index is -0.943. The largest absolute Gasteiger partial charge is 0.508 e. The molecule has 0 fully saturated rings. The van der Waals surface area contributed by atoms with Crippen molar-refractivity contribution in [3.63, 3.8) is 0 Å². The monoisotopic (exact) mass is 937 g/mol. The average molecular weight is 938 g/mol. The molecule has 0 unspecified atom stereocenters. The van der Waals surface area contributed by atoms with Gasteiger partial charge in [0.1, 0.15) is 23.0 Å². The van der Waals surface area contributed by atoms with Crippen LogP contribution in [0.15, 0.2) is 144 Å². The van der Waals surface area contributed by atoms with Crippen LogP contribution in [0.25, 0.3) is 0 Å². The molecule has 2 heterocycles. The number of quaternary nitrogens is 1. The number of nitrogens with one attached hydrogen (secondary N) is 5. The second-order valence-corrected chi connectivity index (χ2v) is 16.1. The number of hydrogen-bond acceptors (Lipinski definition) is 15. The number of phenols is 4. The van der Waals surface area contributed by atoms with Crippen LogP contribution in [0.3, 0.4) is 0 Å². The van der Waals surface area contributed by atoms with Crippen molar-refractivity contribution in [1.29, 1.82) is 0 Å². The molecule has 0 aliphatic rings. The lowest BCUT2D eigenvalue weighted by Gasteiger charge is -2.13. The minimum Gasteiger partial charge on any atom is -0.508 e. The van der Waals surface area contributed by atoms with Gasteiger partial charge in [0.15, 0.2) is 0 Å². The Labute approximate surface area is 390 Å². The van der Waals surface area contributed by atoms with E-state index in [-0.39, 0.29) is 29.5 Å². The van der Waals surface area contributed by atoms with Gasteiger partial charge in [-0.1, -0.05) is 36.4 Å². The summed E-state index contributed by atoms with van der Waals surface area (Å²) in [6.07, 6.45) is 10.3. The van der Waals surface area contributed by atoms with E-state index in [0.717, 1.165) is 73.2 Å². The van der Waals surface area contributed by atoms with E-state index in [9.17, 15) is 34.5 Å². The number of rotatable bonds is 17. The van der Waals surface area contributed by atoms with Crippen LogP contribution in [0.5, 0.6) is 23.0 Å². The smallest absolute Gasteiger partial charge is 0.398 e. The molecule has 346 valence electrons. The Morgan fingerprint density at radius 3 is 1.50 bits per heavy atom. The van der Waals surface area contributed by atoms with Crippen LogP contribution in [0, 0.1) is 0 Å². The van der Waals surface area contributed by atoms with Gasteiger partial charge in [0.05, 0.1) is 34.8 Å². The Bertz CT molecular complexity index is 2470. The molecule has 19 heteroatoms. The summed E-state index contributed by atoms with van der Waals surface area (Å²) < 4.78 is 4.34. The lowest BCUT2D eigenvalue weighted by atomic mass is 10.0. The van der Waals surface area contributed by atoms with Crippen molar-refractivity contribution in [2.24, 2.45) is 0 Å². The summed E-state index contributed by atoms with van der Waals surface area (Å²) in [5.74, 6) is -1.62. The first-order valence-corrected chi connectivity index (χ1v) is 22.4. The van der Waals surface area contributed by atoms with Gasteiger partial charge in [0.2, 0.25) is 0 Å². The number of methoxy groups -OCH3 is 1. The van der Waals surface area contributed by atoms with Crippen molar-refractivity contribution in [3.8, 4) is 23.0 Å². The molecule has 66 heavy (non-hydrogen) atoms. The quantitative estimate of drug-likeness (QED) is 0.0150. The van der Waals surface area contributed by atoms with Crippen molar-refractivity contribution in [1.82, 2.24) is 26.1 Å². The number of aromatic hydroxyl groups is 4. The van der Waals surface area contributed by atoms with Crippen LogP contribution >= 0.6 is 23.5 Å². The second-order valence-electron chi connectivity index (χ2n) is 13.8. The molecule has 6 aromatic rings. The molecule has 6 rings (SSSR count). The Morgan fingerprint density at radius 2 is 1.03 bits per heavy atom. The van der Waals surface area contributed by atoms with Gasteiger partial charge >= 0.3 is 23.7 Å². The molecule has 0 radical (unpaired) electrons. The van der Waals surface area contributed by atoms with Gasteiger partial charge in [0.25, 0.3) is 0 Å². The number of pyridine rings is 2. The fraction of sp³-hybridized carbons (Fsp3) is 0.191. The van der Waals surface area contributed by atoms with E-state index < -0.39 is 23.7 Å². The third-order valence-electron chi connectivity index (χ3n) is 9.03. The number of aryl methyl sites for hydroxylation is 4. The summed E-state index contributed by atoms with van der Waals surface area (Å²) >= 11 is 2.74. The average Bonchev–Trinajstić information content (AvgIpc) is 3.34. The first kappa shape index (κ1) is 51.2. The number of hydrazine groups is 2. The molecule has 3 amide bonds. The summed E-state index contributed by atoms with van der Waals surface area (Å²) in [6.45, 7) is 1.02. The fourth-order valence-corrected chi connectivity index (χ4v) is 7.28. The van der Waals surface area contributed by atoms with Gasteiger partial charge < -0.3 is 36.2 Å². The third-order valence-corrected chi connectivity index (χ3v) is 11.2. The van der Waals surface area contributed by atoms with Crippen molar-refractivity contribution in [2.45, 2.75) is 35.5 Å². The summed E-state index contributed by atoms with van der Waals surface area (Å²) in [5.41, 5.74) is 19.8. The topological polar surface area (TPSA) is 272 Å². The number of carbonyl (C=O) groups is 4. The Kier molecular flexibility index (Phi) is 22.0. The van der Waals surface area contributed by atoms with Gasteiger partial charge in [-0.3, -0.25) is 46.1 Å². The van der Waals surface area contributed by atoms with E-state index in [1.807, 2.05) is 72.8 Å². The number of aromatic nitrogens is 2. The maximum atomic E-state index is 12.1. The van der Waals surface area contributed by atoms with E-state index in [1.54, 1.807) is 30.9 Å². The minimum absolute atomic E-state index is 0.0424. The molecular weight excluding hydrogens is 885 g/mol. The first-order chi connectivity index (χ1) is 32.0. The lowest BCUT2D eigenvalue weighted by Crippen LogP contribution is -2.51. The molecule has 0 spiro atoms. The molecule has 0 saturated carbocycles. The van der Waals surface area contributed by atoms with Gasteiger partial charge in [-0.05, 0) is 121 Å². The summed E-state index contributed by atoms with van der Waals surface area (Å²) in [5, 5.41) is 40.1. The van der Waals surface area contributed by atoms with E-state index >= 15 is 0 Å². The van der Waals surface area contributed by atoms with Crippen molar-refractivity contribution in [2.75, 3.05) is 42.6 Å². The lowest BCUT2D eigenvalue weighted by molar-refractivity contribution is -0.360.